The lowest BCUT2D eigenvalue weighted by Gasteiger charge is -2.11. The van der Waals surface area contributed by atoms with E-state index in [1.54, 1.807) is 18.4 Å². The van der Waals surface area contributed by atoms with Crippen LogP contribution in [0.4, 0.5) is 5.00 Å². The summed E-state index contributed by atoms with van der Waals surface area (Å²) in [7, 11) is 0. The third kappa shape index (κ3) is 3.58. The molecule has 1 atom stereocenters. The molecule has 3 aromatic rings. The highest BCUT2D eigenvalue weighted by Gasteiger charge is 2.18. The fourth-order valence-corrected chi connectivity index (χ4v) is 3.78. The molecular weight excluding hydrogens is 342 g/mol. The summed E-state index contributed by atoms with van der Waals surface area (Å²) in [6.45, 7) is 1.80. The number of thiophene rings is 1. The molecule has 5 nitrogen and oxygen atoms in total. The normalized spacial score (nSPS) is 12.0. The van der Waals surface area contributed by atoms with Gasteiger partial charge in [0.15, 0.2) is 0 Å². The number of aromatic nitrogens is 1. The lowest BCUT2D eigenvalue weighted by Crippen LogP contribution is -2.23. The van der Waals surface area contributed by atoms with Crippen LogP contribution in [0.2, 0.25) is 0 Å². The van der Waals surface area contributed by atoms with E-state index in [0.29, 0.717) is 10.6 Å². The van der Waals surface area contributed by atoms with Gasteiger partial charge in [-0.2, -0.15) is 0 Å². The number of thioether (sulfide) groups is 1. The maximum atomic E-state index is 12.3. The fourth-order valence-electron chi connectivity index (χ4n) is 2.16. The number of nitrogens with zero attached hydrogens (tertiary/aromatic N) is 1. The number of primary amides is 1. The van der Waals surface area contributed by atoms with Crippen LogP contribution in [0.25, 0.3) is 10.9 Å². The molecule has 0 aliphatic rings. The zero-order valence-electron chi connectivity index (χ0n) is 12.9. The van der Waals surface area contributed by atoms with E-state index in [1.165, 1.54) is 23.1 Å². The first-order chi connectivity index (χ1) is 11.5. The van der Waals surface area contributed by atoms with E-state index in [4.69, 9.17) is 5.73 Å². The SMILES string of the molecule is CC(Sc1ccc2ccccc2n1)C(=O)Nc1sccc1C(N)=O. The lowest BCUT2D eigenvalue weighted by molar-refractivity contribution is -0.115. The molecule has 0 saturated heterocycles. The van der Waals surface area contributed by atoms with Gasteiger partial charge < -0.3 is 11.1 Å². The Labute approximate surface area is 147 Å². The third-order valence-electron chi connectivity index (χ3n) is 3.41. The summed E-state index contributed by atoms with van der Waals surface area (Å²) in [4.78, 5) is 28.2. The molecule has 0 radical (unpaired) electrons. The van der Waals surface area contributed by atoms with E-state index >= 15 is 0 Å². The van der Waals surface area contributed by atoms with Crippen molar-refractivity contribution in [2.45, 2.75) is 17.2 Å². The number of carbonyl (C=O) groups is 2. The molecule has 3 rings (SSSR count). The number of nitrogens with one attached hydrogen (secondary N) is 1. The Balaban J connectivity index is 1.71. The predicted molar refractivity (Wildman–Crippen MR) is 98.5 cm³/mol. The Hall–Kier alpha value is -2.38. The van der Waals surface area contributed by atoms with E-state index < -0.39 is 5.91 Å². The summed E-state index contributed by atoms with van der Waals surface area (Å²) in [5, 5.41) is 6.43. The Morgan fingerprint density at radius 1 is 1.21 bits per heavy atom. The van der Waals surface area contributed by atoms with Gasteiger partial charge in [0.1, 0.15) is 5.00 Å². The predicted octanol–water partition coefficient (Wildman–Crippen LogP) is 3.51. The zero-order valence-corrected chi connectivity index (χ0v) is 14.5. The highest BCUT2D eigenvalue weighted by atomic mass is 32.2. The molecule has 0 aliphatic carbocycles. The number of nitrogens with two attached hydrogens (primary N) is 1. The van der Waals surface area contributed by atoms with Gasteiger partial charge in [-0.05, 0) is 30.5 Å². The average molecular weight is 357 g/mol. The summed E-state index contributed by atoms with van der Waals surface area (Å²) in [6, 6.07) is 13.3. The second-order valence-electron chi connectivity index (χ2n) is 5.12. The van der Waals surface area contributed by atoms with Gasteiger partial charge in [-0.15, -0.1) is 11.3 Å². The van der Waals surface area contributed by atoms with E-state index in [0.717, 1.165) is 15.9 Å². The minimum Gasteiger partial charge on any atom is -0.366 e. The monoisotopic (exact) mass is 357 g/mol. The quantitative estimate of drug-likeness (QED) is 0.684. The Kier molecular flexibility index (Phi) is 4.82. The standard InChI is InChI=1S/C17H15N3O2S2/c1-10(16(22)20-17-12(15(18)21)8-9-23-17)24-14-7-6-11-4-2-3-5-13(11)19-14/h2-10H,1H3,(H2,18,21)(H,20,22). The number of rotatable bonds is 5. The number of hydrogen-bond acceptors (Lipinski definition) is 5. The van der Waals surface area contributed by atoms with Crippen molar-refractivity contribution < 1.29 is 9.59 Å². The molecule has 0 spiro atoms. The number of pyridine rings is 1. The van der Waals surface area contributed by atoms with Crippen LogP contribution in [0.5, 0.6) is 0 Å². The number of fused-ring (bicyclic) bond motifs is 1. The molecule has 2 aromatic heterocycles. The summed E-state index contributed by atoms with van der Waals surface area (Å²) >= 11 is 2.64. The Morgan fingerprint density at radius 3 is 2.79 bits per heavy atom. The van der Waals surface area contributed by atoms with Crippen LogP contribution in [0.3, 0.4) is 0 Å². The number of hydrogen-bond donors (Lipinski definition) is 2. The van der Waals surface area contributed by atoms with E-state index in [9.17, 15) is 9.59 Å². The molecule has 3 N–H and O–H groups in total. The molecule has 0 fully saturated rings. The van der Waals surface area contributed by atoms with Gasteiger partial charge in [-0.3, -0.25) is 9.59 Å². The van der Waals surface area contributed by atoms with Crippen LogP contribution < -0.4 is 11.1 Å². The number of amides is 2. The number of carbonyl (C=O) groups excluding carboxylic acids is 2. The molecule has 24 heavy (non-hydrogen) atoms. The minimum absolute atomic E-state index is 0.195. The van der Waals surface area contributed by atoms with Crippen molar-refractivity contribution >= 4 is 50.8 Å². The van der Waals surface area contributed by atoms with Crippen molar-refractivity contribution in [2.24, 2.45) is 5.73 Å². The smallest absolute Gasteiger partial charge is 0.251 e. The van der Waals surface area contributed by atoms with Crippen molar-refractivity contribution in [3.05, 3.63) is 53.4 Å². The Bertz CT molecular complexity index is 907. The molecule has 1 unspecified atom stereocenters. The van der Waals surface area contributed by atoms with Crippen LogP contribution in [-0.2, 0) is 4.79 Å². The number of benzene rings is 1. The molecule has 0 saturated carbocycles. The van der Waals surface area contributed by atoms with E-state index in [2.05, 4.69) is 10.3 Å². The molecule has 7 heteroatoms. The van der Waals surface area contributed by atoms with Crippen LogP contribution >= 0.6 is 23.1 Å². The van der Waals surface area contributed by atoms with Gasteiger partial charge in [-0.1, -0.05) is 36.0 Å². The number of para-hydroxylation sites is 1. The first-order valence-corrected chi connectivity index (χ1v) is 9.01. The van der Waals surface area contributed by atoms with Crippen molar-refractivity contribution in [2.75, 3.05) is 5.32 Å². The average Bonchev–Trinajstić information content (AvgIpc) is 3.03. The third-order valence-corrected chi connectivity index (χ3v) is 5.27. The highest BCUT2D eigenvalue weighted by Crippen LogP contribution is 2.27. The molecular formula is C17H15N3O2S2. The Morgan fingerprint density at radius 2 is 2.00 bits per heavy atom. The van der Waals surface area contributed by atoms with Crippen LogP contribution in [-0.4, -0.2) is 22.0 Å². The van der Waals surface area contributed by atoms with Crippen molar-refractivity contribution in [3.8, 4) is 0 Å². The summed E-state index contributed by atoms with van der Waals surface area (Å²) in [6.07, 6.45) is 0. The maximum Gasteiger partial charge on any atom is 0.251 e. The second kappa shape index (κ2) is 7.02. The topological polar surface area (TPSA) is 85.1 Å². The van der Waals surface area contributed by atoms with Crippen LogP contribution in [0, 0.1) is 0 Å². The van der Waals surface area contributed by atoms with E-state index in [1.807, 2.05) is 36.4 Å². The minimum atomic E-state index is -0.553. The summed E-state index contributed by atoms with van der Waals surface area (Å²) in [5.41, 5.74) is 6.51. The van der Waals surface area contributed by atoms with Crippen molar-refractivity contribution in [1.82, 2.24) is 4.98 Å². The fraction of sp³-hybridized carbons (Fsp3) is 0.118. The van der Waals surface area contributed by atoms with Crippen molar-refractivity contribution in [3.63, 3.8) is 0 Å². The molecule has 2 amide bonds. The largest absolute Gasteiger partial charge is 0.366 e. The van der Waals surface area contributed by atoms with Gasteiger partial charge in [0.05, 0.1) is 21.4 Å². The zero-order chi connectivity index (χ0) is 17.1. The first-order valence-electron chi connectivity index (χ1n) is 7.25. The van der Waals surface area contributed by atoms with E-state index in [-0.39, 0.29) is 11.2 Å². The van der Waals surface area contributed by atoms with Gasteiger partial charge >= 0.3 is 0 Å². The van der Waals surface area contributed by atoms with Gasteiger partial charge in [-0.25, -0.2) is 4.98 Å². The van der Waals surface area contributed by atoms with Crippen molar-refractivity contribution in [1.29, 1.82) is 0 Å². The highest BCUT2D eigenvalue weighted by molar-refractivity contribution is 8.00. The summed E-state index contributed by atoms with van der Waals surface area (Å²) < 4.78 is 0. The molecule has 2 heterocycles. The van der Waals surface area contributed by atoms with Gasteiger partial charge in [0, 0.05) is 5.39 Å². The second-order valence-corrected chi connectivity index (χ2v) is 7.40. The summed E-state index contributed by atoms with van der Waals surface area (Å²) in [5.74, 6) is -0.747. The molecule has 1 aromatic carbocycles. The molecule has 122 valence electrons. The van der Waals surface area contributed by atoms with Gasteiger partial charge in [0.2, 0.25) is 5.91 Å². The maximum absolute atomic E-state index is 12.3. The molecule has 0 bridgehead atoms. The molecule has 0 aliphatic heterocycles. The number of anilines is 1. The first kappa shape index (κ1) is 16.5. The van der Waals surface area contributed by atoms with Crippen LogP contribution in [0.1, 0.15) is 17.3 Å². The van der Waals surface area contributed by atoms with Crippen LogP contribution in [0.15, 0.2) is 52.9 Å². The van der Waals surface area contributed by atoms with Gasteiger partial charge in [0.25, 0.3) is 5.91 Å². The lowest BCUT2D eigenvalue weighted by atomic mass is 10.2.